The molecule has 1 aromatic rings. The molecule has 0 bridgehead atoms. The van der Waals surface area contributed by atoms with Crippen molar-refractivity contribution in [3.05, 3.63) is 23.8 Å². The molecule has 0 aliphatic rings. The molecule has 0 heterocycles. The van der Waals surface area contributed by atoms with Crippen LogP contribution >= 0.6 is 0 Å². The topological polar surface area (TPSA) is 35.2 Å². The number of hydrogen-bond acceptors (Lipinski definition) is 2. The number of hydrogen-bond donors (Lipinski definition) is 1. The summed E-state index contributed by atoms with van der Waals surface area (Å²) in [7, 11) is 0. The van der Waals surface area contributed by atoms with Gasteiger partial charge in [0.25, 0.3) is 0 Å². The number of benzene rings is 1. The van der Waals surface area contributed by atoms with E-state index < -0.39 is 12.8 Å². The minimum atomic E-state index is -4.31. The number of ether oxygens (including phenoxy) is 1. The third-order valence-corrected chi connectivity index (χ3v) is 1.59. The fraction of sp³-hybridized carbons (Fsp3) is 0.333. The largest absolute Gasteiger partial charge is 0.484 e. The van der Waals surface area contributed by atoms with Gasteiger partial charge in [0, 0.05) is 5.69 Å². The van der Waals surface area contributed by atoms with Gasteiger partial charge in [0.1, 0.15) is 5.75 Å². The number of rotatable bonds is 2. The van der Waals surface area contributed by atoms with E-state index in [1.807, 2.05) is 0 Å². The third kappa shape index (κ3) is 3.16. The second kappa shape index (κ2) is 3.77. The van der Waals surface area contributed by atoms with E-state index in [4.69, 9.17) is 5.73 Å². The fourth-order valence-electron chi connectivity index (χ4n) is 0.994. The molecule has 2 nitrogen and oxygen atoms in total. The van der Waals surface area contributed by atoms with Gasteiger partial charge in [-0.15, -0.1) is 0 Å². The molecule has 0 aromatic heterocycles. The van der Waals surface area contributed by atoms with Gasteiger partial charge in [-0.05, 0) is 30.7 Å². The quantitative estimate of drug-likeness (QED) is 0.753. The molecule has 78 valence electrons. The molecule has 0 saturated heterocycles. The molecule has 0 fully saturated rings. The van der Waals surface area contributed by atoms with Crippen LogP contribution in [-0.4, -0.2) is 12.8 Å². The zero-order valence-electron chi connectivity index (χ0n) is 7.56. The molecule has 0 unspecified atom stereocenters. The molecule has 1 aromatic carbocycles. The first-order valence-electron chi connectivity index (χ1n) is 3.94. The second-order valence-electron chi connectivity index (χ2n) is 2.93. The zero-order chi connectivity index (χ0) is 10.8. The third-order valence-electron chi connectivity index (χ3n) is 1.59. The highest BCUT2D eigenvalue weighted by molar-refractivity contribution is 5.47. The van der Waals surface area contributed by atoms with Crippen molar-refractivity contribution >= 4 is 5.69 Å². The first kappa shape index (κ1) is 10.7. The van der Waals surface area contributed by atoms with Gasteiger partial charge in [0.15, 0.2) is 6.61 Å². The Kier molecular flexibility index (Phi) is 2.88. The maximum atomic E-state index is 11.8. The van der Waals surface area contributed by atoms with Crippen LogP contribution < -0.4 is 10.5 Å². The molecule has 1 rings (SSSR count). The molecule has 5 heteroatoms. The van der Waals surface area contributed by atoms with Crippen LogP contribution in [0.25, 0.3) is 0 Å². The highest BCUT2D eigenvalue weighted by Crippen LogP contribution is 2.23. The maximum absolute atomic E-state index is 11.8. The molecular weight excluding hydrogens is 195 g/mol. The first-order chi connectivity index (χ1) is 6.38. The number of alkyl halides is 3. The summed E-state index contributed by atoms with van der Waals surface area (Å²) in [6.07, 6.45) is -4.31. The molecule has 2 N–H and O–H groups in total. The predicted molar refractivity (Wildman–Crippen MR) is 47.1 cm³/mol. The predicted octanol–water partition coefficient (Wildman–Crippen LogP) is 2.52. The highest BCUT2D eigenvalue weighted by Gasteiger charge is 2.28. The molecule has 0 aliphatic carbocycles. The van der Waals surface area contributed by atoms with Crippen molar-refractivity contribution in [3.8, 4) is 5.75 Å². The molecule has 14 heavy (non-hydrogen) atoms. The normalized spacial score (nSPS) is 11.4. The van der Waals surface area contributed by atoms with Crippen molar-refractivity contribution < 1.29 is 17.9 Å². The van der Waals surface area contributed by atoms with Crippen LogP contribution in [0.5, 0.6) is 5.75 Å². The lowest BCUT2D eigenvalue weighted by molar-refractivity contribution is -0.153. The number of nitrogen functional groups attached to an aromatic ring is 1. The molecular formula is C9H10F3NO. The van der Waals surface area contributed by atoms with E-state index in [2.05, 4.69) is 4.74 Å². The van der Waals surface area contributed by atoms with Crippen LogP contribution in [0.4, 0.5) is 18.9 Å². The van der Waals surface area contributed by atoms with E-state index in [0.29, 0.717) is 11.3 Å². The van der Waals surface area contributed by atoms with Gasteiger partial charge in [-0.25, -0.2) is 0 Å². The summed E-state index contributed by atoms with van der Waals surface area (Å²) in [6, 6.07) is 4.49. The minimum absolute atomic E-state index is 0.205. The smallest absolute Gasteiger partial charge is 0.422 e. The first-order valence-corrected chi connectivity index (χ1v) is 3.94. The highest BCUT2D eigenvalue weighted by atomic mass is 19.4. The van der Waals surface area contributed by atoms with Gasteiger partial charge in [-0.1, -0.05) is 0 Å². The lowest BCUT2D eigenvalue weighted by atomic mass is 10.2. The number of anilines is 1. The van der Waals surface area contributed by atoms with Crippen LogP contribution in [0.3, 0.4) is 0 Å². The lowest BCUT2D eigenvalue weighted by Crippen LogP contribution is -2.19. The number of nitrogens with two attached hydrogens (primary N) is 1. The molecule has 0 atom stereocenters. The number of halogens is 3. The average molecular weight is 205 g/mol. The average Bonchev–Trinajstić information content (AvgIpc) is 2.00. The SMILES string of the molecule is Cc1cc(N)ccc1OCC(F)(F)F. The Morgan fingerprint density at radius 3 is 2.50 bits per heavy atom. The Hall–Kier alpha value is -1.39. The molecule has 0 saturated carbocycles. The van der Waals surface area contributed by atoms with Crippen molar-refractivity contribution in [3.63, 3.8) is 0 Å². The van der Waals surface area contributed by atoms with E-state index in [-0.39, 0.29) is 5.75 Å². The second-order valence-corrected chi connectivity index (χ2v) is 2.93. The van der Waals surface area contributed by atoms with Gasteiger partial charge in [-0.2, -0.15) is 13.2 Å². The van der Waals surface area contributed by atoms with E-state index in [1.165, 1.54) is 12.1 Å². The van der Waals surface area contributed by atoms with Crippen LogP contribution in [0.2, 0.25) is 0 Å². The van der Waals surface area contributed by atoms with E-state index in [1.54, 1.807) is 13.0 Å². The summed E-state index contributed by atoms with van der Waals surface area (Å²) in [5.41, 5.74) is 6.53. The Balaban J connectivity index is 2.68. The van der Waals surface area contributed by atoms with Gasteiger partial charge in [0.2, 0.25) is 0 Å². The van der Waals surface area contributed by atoms with Crippen molar-refractivity contribution in [1.29, 1.82) is 0 Å². The molecule has 0 amide bonds. The maximum Gasteiger partial charge on any atom is 0.422 e. The molecule has 0 radical (unpaired) electrons. The fourth-order valence-corrected chi connectivity index (χ4v) is 0.994. The summed E-state index contributed by atoms with van der Waals surface area (Å²) in [5, 5.41) is 0. The Bertz CT molecular complexity index is 322. The van der Waals surface area contributed by atoms with Crippen LogP contribution in [-0.2, 0) is 0 Å². The Morgan fingerprint density at radius 2 is 2.00 bits per heavy atom. The summed E-state index contributed by atoms with van der Waals surface area (Å²) >= 11 is 0. The van der Waals surface area contributed by atoms with E-state index in [9.17, 15) is 13.2 Å². The standard InChI is InChI=1S/C9H10F3NO/c1-6-4-7(13)2-3-8(6)14-5-9(10,11)12/h2-4H,5,13H2,1H3. The van der Waals surface area contributed by atoms with Crippen molar-refractivity contribution in [2.24, 2.45) is 0 Å². The van der Waals surface area contributed by atoms with Crippen molar-refractivity contribution in [1.82, 2.24) is 0 Å². The van der Waals surface area contributed by atoms with Crippen molar-refractivity contribution in [2.75, 3.05) is 12.3 Å². The van der Waals surface area contributed by atoms with Gasteiger partial charge >= 0.3 is 6.18 Å². The van der Waals surface area contributed by atoms with Crippen LogP contribution in [0, 0.1) is 6.92 Å². The zero-order valence-corrected chi connectivity index (χ0v) is 7.56. The Labute approximate surface area is 79.5 Å². The minimum Gasteiger partial charge on any atom is -0.484 e. The summed E-state index contributed by atoms with van der Waals surface area (Å²) < 4.78 is 40.0. The van der Waals surface area contributed by atoms with Gasteiger partial charge < -0.3 is 10.5 Å². The van der Waals surface area contributed by atoms with E-state index in [0.717, 1.165) is 0 Å². The lowest BCUT2D eigenvalue weighted by Gasteiger charge is -2.11. The van der Waals surface area contributed by atoms with Gasteiger partial charge in [0.05, 0.1) is 0 Å². The summed E-state index contributed by atoms with van der Waals surface area (Å²) in [4.78, 5) is 0. The van der Waals surface area contributed by atoms with Gasteiger partial charge in [-0.3, -0.25) is 0 Å². The molecule has 0 aliphatic heterocycles. The van der Waals surface area contributed by atoms with E-state index >= 15 is 0 Å². The monoisotopic (exact) mass is 205 g/mol. The van der Waals surface area contributed by atoms with Crippen LogP contribution in [0.15, 0.2) is 18.2 Å². The number of aryl methyl sites for hydroxylation is 1. The Morgan fingerprint density at radius 1 is 1.36 bits per heavy atom. The van der Waals surface area contributed by atoms with Crippen molar-refractivity contribution in [2.45, 2.75) is 13.1 Å². The molecule has 0 spiro atoms. The van der Waals surface area contributed by atoms with Crippen LogP contribution in [0.1, 0.15) is 5.56 Å². The summed E-state index contributed by atoms with van der Waals surface area (Å²) in [6.45, 7) is 0.361. The summed E-state index contributed by atoms with van der Waals surface area (Å²) in [5.74, 6) is 0.205.